The van der Waals surface area contributed by atoms with Crippen LogP contribution in [0.25, 0.3) is 44.5 Å². The van der Waals surface area contributed by atoms with Crippen LogP contribution >= 0.6 is 11.8 Å². The summed E-state index contributed by atoms with van der Waals surface area (Å²) in [6.07, 6.45) is 0. The molecule has 2 nitrogen and oxygen atoms in total. The minimum Gasteiger partial charge on any atom is -0.457 e. The maximum absolute atomic E-state index is 6.76. The Morgan fingerprint density at radius 2 is 0.648 bits per heavy atom. The van der Waals surface area contributed by atoms with Gasteiger partial charge in [-0.05, 0) is 115 Å². The van der Waals surface area contributed by atoms with Gasteiger partial charge in [0.25, 0.3) is 0 Å². The Morgan fingerprint density at radius 1 is 0.282 bits per heavy atom. The molecular formula is C68H43NOS. The van der Waals surface area contributed by atoms with Crippen molar-refractivity contribution in [2.45, 2.75) is 20.6 Å². The highest BCUT2D eigenvalue weighted by molar-refractivity contribution is 7.99. The Labute approximate surface area is 418 Å². The standard InChI is InChI=1S/C68H43NOS/c1-2-18-44(19-3-1)45-36-38-46(39-37-45)47-40-42-48(43-41-47)69(59-30-16-28-57-65(59)49-20-4-6-22-51(49)67(57)53-24-8-12-32-61(53)70-62-33-13-9-25-54(62)67)60-31-17-29-58-66(60)50-21-5-7-23-52(50)68(58)55-26-10-14-34-63(55)71-64-35-15-11-27-56(64)68/h1-43H. The van der Waals surface area contributed by atoms with E-state index in [2.05, 4.69) is 266 Å². The second-order valence-electron chi connectivity index (χ2n) is 19.0. The normalized spacial score (nSPS) is 14.2. The van der Waals surface area contributed by atoms with Gasteiger partial charge in [0, 0.05) is 37.7 Å². The van der Waals surface area contributed by atoms with Gasteiger partial charge in [-0.3, -0.25) is 0 Å². The van der Waals surface area contributed by atoms with Crippen molar-refractivity contribution in [3.05, 3.63) is 305 Å². The van der Waals surface area contributed by atoms with Gasteiger partial charge >= 0.3 is 0 Å². The zero-order chi connectivity index (χ0) is 46.7. The smallest absolute Gasteiger partial charge is 0.132 e. The number of rotatable bonds is 5. The molecule has 3 heteroatoms. The number of nitrogens with zero attached hydrogens (tertiary/aromatic N) is 1. The van der Waals surface area contributed by atoms with E-state index in [4.69, 9.17) is 4.74 Å². The molecule has 0 amide bonds. The summed E-state index contributed by atoms with van der Waals surface area (Å²) in [4.78, 5) is 5.16. The first-order chi connectivity index (χ1) is 35.2. The first-order valence-corrected chi connectivity index (χ1v) is 25.3. The first-order valence-electron chi connectivity index (χ1n) is 24.5. The lowest BCUT2D eigenvalue weighted by molar-refractivity contribution is 0.436. The van der Waals surface area contributed by atoms with E-state index in [-0.39, 0.29) is 0 Å². The number of anilines is 3. The molecule has 2 aliphatic carbocycles. The summed E-state index contributed by atoms with van der Waals surface area (Å²) in [5.74, 6) is 1.77. The van der Waals surface area contributed by atoms with Crippen LogP contribution in [0.1, 0.15) is 44.5 Å². The lowest BCUT2D eigenvalue weighted by Crippen LogP contribution is -2.32. The van der Waals surface area contributed by atoms with Crippen molar-refractivity contribution < 1.29 is 4.74 Å². The second-order valence-corrected chi connectivity index (χ2v) is 20.1. The molecular weight excluding hydrogens is 879 g/mol. The summed E-state index contributed by atoms with van der Waals surface area (Å²) >= 11 is 1.88. The van der Waals surface area contributed by atoms with Gasteiger partial charge in [-0.2, -0.15) is 0 Å². The van der Waals surface area contributed by atoms with Crippen molar-refractivity contribution >= 4 is 28.8 Å². The molecule has 0 saturated heterocycles. The summed E-state index contributed by atoms with van der Waals surface area (Å²) < 4.78 is 6.76. The molecule has 0 aromatic heterocycles. The van der Waals surface area contributed by atoms with E-state index in [1.54, 1.807) is 0 Å². The van der Waals surface area contributed by atoms with E-state index >= 15 is 0 Å². The molecule has 71 heavy (non-hydrogen) atoms. The van der Waals surface area contributed by atoms with Crippen LogP contribution in [0.15, 0.2) is 271 Å². The maximum Gasteiger partial charge on any atom is 0.132 e. The Morgan fingerprint density at radius 3 is 1.15 bits per heavy atom. The highest BCUT2D eigenvalue weighted by Gasteiger charge is 2.53. The van der Waals surface area contributed by atoms with Gasteiger partial charge in [-0.25, -0.2) is 0 Å². The van der Waals surface area contributed by atoms with Crippen LogP contribution in [0.4, 0.5) is 17.1 Å². The molecule has 0 fully saturated rings. The van der Waals surface area contributed by atoms with Crippen LogP contribution in [-0.4, -0.2) is 0 Å². The monoisotopic (exact) mass is 921 g/mol. The first kappa shape index (κ1) is 40.3. The SMILES string of the molecule is c1ccc(-c2ccc(-c3ccc(N(c4cccc5c4-c4ccccc4C54c5ccccc5Oc5ccccc54)c4cccc5c4-c4ccccc4C54c5ccccc5Sc5ccccc54)cc3)cc2)cc1. The van der Waals surface area contributed by atoms with E-state index in [9.17, 15) is 0 Å². The van der Waals surface area contributed by atoms with Crippen LogP contribution in [-0.2, 0) is 10.8 Å². The van der Waals surface area contributed by atoms with Crippen molar-refractivity contribution in [1.82, 2.24) is 0 Å². The Kier molecular flexibility index (Phi) is 8.76. The minimum absolute atomic E-state index is 0.521. The van der Waals surface area contributed by atoms with Gasteiger partial charge in [0.15, 0.2) is 0 Å². The van der Waals surface area contributed by atoms with Gasteiger partial charge in [0.05, 0.1) is 22.2 Å². The lowest BCUT2D eigenvalue weighted by Gasteiger charge is -2.40. The van der Waals surface area contributed by atoms with Crippen molar-refractivity contribution in [3.8, 4) is 56.0 Å². The van der Waals surface area contributed by atoms with Crippen LogP contribution in [0.5, 0.6) is 11.5 Å². The van der Waals surface area contributed by atoms with Crippen molar-refractivity contribution in [1.29, 1.82) is 0 Å². The Bertz CT molecular complexity index is 3660. The number of hydrogen-bond acceptors (Lipinski definition) is 3. The molecule has 2 spiro atoms. The predicted octanol–water partition coefficient (Wildman–Crippen LogP) is 17.8. The topological polar surface area (TPSA) is 12.5 Å². The van der Waals surface area contributed by atoms with Crippen LogP contribution in [0, 0.1) is 0 Å². The largest absolute Gasteiger partial charge is 0.457 e. The van der Waals surface area contributed by atoms with Gasteiger partial charge in [-0.1, -0.05) is 224 Å². The third kappa shape index (κ3) is 5.55. The zero-order valence-corrected chi connectivity index (χ0v) is 39.4. The molecule has 0 saturated carbocycles. The summed E-state index contributed by atoms with van der Waals surface area (Å²) in [6.45, 7) is 0. The van der Waals surface area contributed by atoms with Gasteiger partial charge in [-0.15, -0.1) is 0 Å². The molecule has 2 aliphatic heterocycles. The molecule has 11 aromatic rings. The molecule has 332 valence electrons. The molecule has 2 heterocycles. The fourth-order valence-electron chi connectivity index (χ4n) is 12.8. The molecule has 0 N–H and O–H groups in total. The molecule has 4 aliphatic rings. The fourth-order valence-corrected chi connectivity index (χ4v) is 14.0. The molecule has 0 unspecified atom stereocenters. The second kappa shape index (κ2) is 15.4. The third-order valence-corrected chi connectivity index (χ3v) is 16.8. The maximum atomic E-state index is 6.76. The molecule has 15 rings (SSSR count). The lowest BCUT2D eigenvalue weighted by atomic mass is 9.66. The third-order valence-electron chi connectivity index (χ3n) is 15.6. The molecule has 0 radical (unpaired) electrons. The van der Waals surface area contributed by atoms with E-state index in [1.165, 1.54) is 87.7 Å². The van der Waals surface area contributed by atoms with Crippen LogP contribution in [0.2, 0.25) is 0 Å². The number of fused-ring (bicyclic) bond motifs is 18. The van der Waals surface area contributed by atoms with Crippen molar-refractivity contribution in [2.24, 2.45) is 0 Å². The molecule has 0 bridgehead atoms. The van der Waals surface area contributed by atoms with Crippen molar-refractivity contribution in [3.63, 3.8) is 0 Å². The number of para-hydroxylation sites is 2. The summed E-state index contributed by atoms with van der Waals surface area (Å²) in [5.41, 5.74) is 22.0. The van der Waals surface area contributed by atoms with Crippen molar-refractivity contribution in [2.75, 3.05) is 4.90 Å². The number of benzene rings is 11. The average molecular weight is 922 g/mol. The average Bonchev–Trinajstić information content (AvgIpc) is 3.91. The van der Waals surface area contributed by atoms with E-state index < -0.39 is 10.8 Å². The Balaban J connectivity index is 1.01. The van der Waals surface area contributed by atoms with Crippen LogP contribution < -0.4 is 9.64 Å². The highest BCUT2D eigenvalue weighted by Crippen LogP contribution is 2.67. The summed E-state index contributed by atoms with van der Waals surface area (Å²) in [7, 11) is 0. The van der Waals surface area contributed by atoms with Gasteiger partial charge in [0.2, 0.25) is 0 Å². The molecule has 0 atom stereocenters. The van der Waals surface area contributed by atoms with E-state index in [1.807, 2.05) is 11.8 Å². The minimum atomic E-state index is -0.614. The molecule has 11 aromatic carbocycles. The predicted molar refractivity (Wildman–Crippen MR) is 291 cm³/mol. The Hall–Kier alpha value is -8.63. The quantitative estimate of drug-likeness (QED) is 0.171. The highest BCUT2D eigenvalue weighted by atomic mass is 32.2. The number of hydrogen-bond donors (Lipinski definition) is 0. The van der Waals surface area contributed by atoms with E-state index in [0.717, 1.165) is 39.7 Å². The number of ether oxygens (including phenoxy) is 1. The summed E-state index contributed by atoms with van der Waals surface area (Å²) in [6, 6.07) is 96.6. The van der Waals surface area contributed by atoms with Gasteiger partial charge in [0.1, 0.15) is 11.5 Å². The summed E-state index contributed by atoms with van der Waals surface area (Å²) in [5, 5.41) is 0. The fraction of sp³-hybridized carbons (Fsp3) is 0.0294. The zero-order valence-electron chi connectivity index (χ0n) is 38.6. The van der Waals surface area contributed by atoms with Gasteiger partial charge < -0.3 is 9.64 Å². The van der Waals surface area contributed by atoms with E-state index in [0.29, 0.717) is 0 Å². The van der Waals surface area contributed by atoms with Crippen LogP contribution in [0.3, 0.4) is 0 Å².